The number of para-hydroxylation sites is 2. The second-order valence-electron chi connectivity index (χ2n) is 17.6. The Bertz CT molecular complexity index is 3590. The van der Waals surface area contributed by atoms with Crippen molar-refractivity contribution < 1.29 is 0 Å². The summed E-state index contributed by atoms with van der Waals surface area (Å²) in [5.41, 5.74) is 20.2. The SMILES string of the molecule is C1=CC2=C/CC(C=C1)\C(c1ccc(N(c3ccc(-c4ccc(-c5ccccc5)cc4)cc3)c3cccc(-c4cccc5c4c4cccc(-c6ccccc6)c4n5-c4ccccc4)c3)cc1)=C/C=C/2. The zero-order valence-corrected chi connectivity index (χ0v) is 37.7. The number of hydrogen-bond donors (Lipinski definition) is 0. The van der Waals surface area contributed by atoms with E-state index in [0.29, 0.717) is 5.92 Å². The van der Waals surface area contributed by atoms with Gasteiger partial charge < -0.3 is 9.47 Å². The molecule has 0 aliphatic heterocycles. The van der Waals surface area contributed by atoms with Crippen LogP contribution in [0.1, 0.15) is 12.0 Å². The van der Waals surface area contributed by atoms with Gasteiger partial charge in [0.15, 0.2) is 0 Å². The van der Waals surface area contributed by atoms with Crippen LogP contribution in [0.3, 0.4) is 0 Å². The molecule has 2 aliphatic carbocycles. The number of nitrogens with zero attached hydrogens (tertiary/aromatic N) is 2. The first-order valence-electron chi connectivity index (χ1n) is 23.6. The molecule has 2 aliphatic rings. The zero-order chi connectivity index (χ0) is 45.2. The lowest BCUT2D eigenvalue weighted by atomic mass is 9.86. The van der Waals surface area contributed by atoms with Crippen LogP contribution in [0.5, 0.6) is 0 Å². The lowest BCUT2D eigenvalue weighted by Gasteiger charge is -2.27. The van der Waals surface area contributed by atoms with Crippen LogP contribution in [0.4, 0.5) is 17.1 Å². The third-order valence-corrected chi connectivity index (χ3v) is 13.6. The Morgan fingerprint density at radius 1 is 0.412 bits per heavy atom. The van der Waals surface area contributed by atoms with Crippen molar-refractivity contribution in [2.24, 2.45) is 5.92 Å². The summed E-state index contributed by atoms with van der Waals surface area (Å²) in [5.74, 6) is 0.298. The highest BCUT2D eigenvalue weighted by Gasteiger charge is 2.21. The fraction of sp³-hybridized carbons (Fsp3) is 0.0303. The molecule has 0 spiro atoms. The van der Waals surface area contributed by atoms with Crippen molar-refractivity contribution in [1.82, 2.24) is 4.57 Å². The molecule has 0 saturated carbocycles. The molecule has 2 heteroatoms. The van der Waals surface area contributed by atoms with Gasteiger partial charge in [0.05, 0.1) is 11.0 Å². The van der Waals surface area contributed by atoms with Crippen LogP contribution in [-0.2, 0) is 0 Å². The van der Waals surface area contributed by atoms with Gasteiger partial charge in [0.1, 0.15) is 0 Å². The minimum Gasteiger partial charge on any atom is -0.310 e. The maximum absolute atomic E-state index is 2.45. The standard InChI is InChI=1S/C66H48N2/c1-4-18-48(19-5-1)49-34-36-50(37-35-49)51-38-42-57(43-39-51)67(58-44-40-54(41-45-58)60-27-12-17-47-16-10-11-22-53(60)33-32-47)59-26-13-23-55(46-59)61-28-15-31-64-65(61)63-30-14-29-62(52-20-6-2-7-21-52)66(63)68(64)56-24-8-3-9-25-56/h1-32,34-46,53H,33H2/b16-10?,17-12+,22-11?,47-32+,60-27+. The number of benzene rings is 9. The second kappa shape index (κ2) is 17.9. The van der Waals surface area contributed by atoms with Crippen LogP contribution in [-0.4, -0.2) is 4.57 Å². The van der Waals surface area contributed by atoms with Crippen molar-refractivity contribution in [2.75, 3.05) is 4.90 Å². The molecule has 0 saturated heterocycles. The molecule has 10 aromatic rings. The molecule has 68 heavy (non-hydrogen) atoms. The first kappa shape index (κ1) is 40.8. The summed E-state index contributed by atoms with van der Waals surface area (Å²) in [7, 11) is 0. The maximum Gasteiger partial charge on any atom is 0.0619 e. The number of allylic oxidation sites excluding steroid dienone is 10. The topological polar surface area (TPSA) is 8.17 Å². The molecule has 0 radical (unpaired) electrons. The second-order valence-corrected chi connectivity index (χ2v) is 17.6. The van der Waals surface area contributed by atoms with Crippen molar-refractivity contribution in [2.45, 2.75) is 6.42 Å². The zero-order valence-electron chi connectivity index (χ0n) is 37.7. The summed E-state index contributed by atoms with van der Waals surface area (Å²) < 4.78 is 2.45. The van der Waals surface area contributed by atoms with Crippen molar-refractivity contribution in [3.63, 3.8) is 0 Å². The van der Waals surface area contributed by atoms with E-state index in [0.717, 1.165) is 34.7 Å². The lowest BCUT2D eigenvalue weighted by Crippen LogP contribution is -2.10. The van der Waals surface area contributed by atoms with Gasteiger partial charge in [-0.15, -0.1) is 0 Å². The summed E-state index contributed by atoms with van der Waals surface area (Å²) in [6.45, 7) is 0. The van der Waals surface area contributed by atoms with Crippen LogP contribution >= 0.6 is 0 Å². The number of hydrogen-bond acceptors (Lipinski definition) is 1. The number of rotatable bonds is 9. The average Bonchev–Trinajstić information content (AvgIpc) is 3.75. The van der Waals surface area contributed by atoms with Crippen molar-refractivity contribution >= 4 is 44.4 Å². The van der Waals surface area contributed by atoms with E-state index in [1.807, 2.05) is 0 Å². The monoisotopic (exact) mass is 868 g/mol. The van der Waals surface area contributed by atoms with E-state index < -0.39 is 0 Å². The summed E-state index contributed by atoms with van der Waals surface area (Å²) in [6, 6.07) is 81.8. The Morgan fingerprint density at radius 2 is 0.971 bits per heavy atom. The molecule has 2 nitrogen and oxygen atoms in total. The predicted molar refractivity (Wildman–Crippen MR) is 289 cm³/mol. The highest BCUT2D eigenvalue weighted by Crippen LogP contribution is 2.44. The molecule has 9 aromatic carbocycles. The van der Waals surface area contributed by atoms with Crippen LogP contribution < -0.4 is 4.90 Å². The summed E-state index contributed by atoms with van der Waals surface area (Å²) in [6.07, 6.45) is 18.9. The van der Waals surface area contributed by atoms with Crippen molar-refractivity contribution in [1.29, 1.82) is 0 Å². The van der Waals surface area contributed by atoms with Crippen LogP contribution in [0, 0.1) is 5.92 Å². The van der Waals surface area contributed by atoms with Crippen LogP contribution in [0.25, 0.3) is 77.6 Å². The predicted octanol–water partition coefficient (Wildman–Crippen LogP) is 17.9. The molecule has 1 unspecified atom stereocenters. The van der Waals surface area contributed by atoms with E-state index >= 15 is 0 Å². The molecule has 2 bridgehead atoms. The van der Waals surface area contributed by atoms with Gasteiger partial charge in [0.2, 0.25) is 0 Å². The van der Waals surface area contributed by atoms with E-state index in [9.17, 15) is 0 Å². The molecular weight excluding hydrogens is 821 g/mol. The summed E-state index contributed by atoms with van der Waals surface area (Å²) >= 11 is 0. The minimum absolute atomic E-state index is 0.298. The Morgan fingerprint density at radius 3 is 1.68 bits per heavy atom. The van der Waals surface area contributed by atoms with Gasteiger partial charge in [-0.05, 0) is 117 Å². The number of anilines is 3. The highest BCUT2D eigenvalue weighted by atomic mass is 15.1. The van der Waals surface area contributed by atoms with E-state index in [4.69, 9.17) is 0 Å². The first-order chi connectivity index (χ1) is 33.7. The van der Waals surface area contributed by atoms with E-state index in [1.54, 1.807) is 0 Å². The third-order valence-electron chi connectivity index (χ3n) is 13.6. The Hall–Kier alpha value is -8.72. The van der Waals surface area contributed by atoms with Gasteiger partial charge in [-0.2, -0.15) is 0 Å². The van der Waals surface area contributed by atoms with Gasteiger partial charge >= 0.3 is 0 Å². The van der Waals surface area contributed by atoms with E-state index in [-0.39, 0.29) is 0 Å². The molecule has 1 heterocycles. The van der Waals surface area contributed by atoms with Gasteiger partial charge in [-0.25, -0.2) is 0 Å². The smallest absolute Gasteiger partial charge is 0.0619 e. The summed E-state index contributed by atoms with van der Waals surface area (Å²) in [4.78, 5) is 2.40. The van der Waals surface area contributed by atoms with Gasteiger partial charge in [-0.1, -0.05) is 218 Å². The lowest BCUT2D eigenvalue weighted by molar-refractivity contribution is 0.847. The third kappa shape index (κ3) is 7.72. The fourth-order valence-corrected chi connectivity index (χ4v) is 10.2. The van der Waals surface area contributed by atoms with Gasteiger partial charge in [0, 0.05) is 45.0 Å². The maximum atomic E-state index is 2.45. The molecule has 1 atom stereocenters. The molecule has 0 fully saturated rings. The summed E-state index contributed by atoms with van der Waals surface area (Å²) in [5, 5.41) is 2.47. The first-order valence-corrected chi connectivity index (χ1v) is 23.6. The fourth-order valence-electron chi connectivity index (χ4n) is 10.2. The van der Waals surface area contributed by atoms with Crippen molar-refractivity contribution in [3.8, 4) is 50.2 Å². The van der Waals surface area contributed by atoms with Crippen LogP contribution in [0.2, 0.25) is 0 Å². The molecule has 1 aromatic heterocycles. The minimum atomic E-state index is 0.298. The number of fused-ring (bicyclic) bond motifs is 5. The molecule has 0 N–H and O–H groups in total. The van der Waals surface area contributed by atoms with E-state index in [2.05, 4.69) is 283 Å². The molecule has 12 rings (SSSR count). The van der Waals surface area contributed by atoms with Gasteiger partial charge in [0.25, 0.3) is 0 Å². The van der Waals surface area contributed by atoms with Crippen molar-refractivity contribution in [3.05, 3.63) is 284 Å². The Labute approximate surface area is 398 Å². The largest absolute Gasteiger partial charge is 0.310 e. The average molecular weight is 869 g/mol. The molecular formula is C66H48N2. The van der Waals surface area contributed by atoms with E-state index in [1.165, 1.54) is 77.5 Å². The Balaban J connectivity index is 0.981. The highest BCUT2D eigenvalue weighted by molar-refractivity contribution is 6.19. The molecule has 322 valence electrons. The normalized spacial score (nSPS) is 16.3. The number of aromatic nitrogens is 1. The quantitative estimate of drug-likeness (QED) is 0.140. The Kier molecular flexibility index (Phi) is 10.7. The van der Waals surface area contributed by atoms with Gasteiger partial charge in [-0.3, -0.25) is 0 Å². The molecule has 0 amide bonds. The van der Waals surface area contributed by atoms with Crippen LogP contribution in [0.15, 0.2) is 279 Å².